The van der Waals surface area contributed by atoms with Gasteiger partial charge in [0.25, 0.3) is 5.91 Å². The number of rotatable bonds is 11. The SMILES string of the molecule is CCCCCC(C)ONC(=O)c1ccccc1S(=O)(=O)N1CCN(Cc2ccccc2)CC1. The summed E-state index contributed by atoms with van der Waals surface area (Å²) in [7, 11) is -3.80. The van der Waals surface area contributed by atoms with E-state index in [1.807, 2.05) is 25.1 Å². The predicted molar refractivity (Wildman–Crippen MR) is 129 cm³/mol. The number of benzene rings is 2. The van der Waals surface area contributed by atoms with Crippen molar-refractivity contribution in [3.63, 3.8) is 0 Å². The Morgan fingerprint density at radius 2 is 1.67 bits per heavy atom. The molecule has 0 aliphatic carbocycles. The van der Waals surface area contributed by atoms with Crippen LogP contribution in [0.5, 0.6) is 0 Å². The number of unbranched alkanes of at least 4 members (excludes halogenated alkanes) is 2. The smallest absolute Gasteiger partial charge is 0.276 e. The molecule has 2 aromatic rings. The molecule has 1 heterocycles. The molecule has 0 radical (unpaired) electrons. The zero-order valence-electron chi connectivity index (χ0n) is 19.6. The number of sulfonamides is 1. The summed E-state index contributed by atoms with van der Waals surface area (Å²) in [6, 6.07) is 16.5. The fourth-order valence-corrected chi connectivity index (χ4v) is 5.55. The lowest BCUT2D eigenvalue weighted by Crippen LogP contribution is -2.48. The normalized spacial score (nSPS) is 16.4. The largest absolute Gasteiger partial charge is 0.296 e. The van der Waals surface area contributed by atoms with Crippen LogP contribution >= 0.6 is 0 Å². The zero-order valence-corrected chi connectivity index (χ0v) is 20.4. The van der Waals surface area contributed by atoms with E-state index in [2.05, 4.69) is 29.4 Å². The van der Waals surface area contributed by atoms with Gasteiger partial charge in [-0.25, -0.2) is 13.9 Å². The third kappa shape index (κ3) is 7.11. The lowest BCUT2D eigenvalue weighted by atomic mass is 10.1. The fraction of sp³-hybridized carbons (Fsp3) is 0.480. The van der Waals surface area contributed by atoms with E-state index in [-0.39, 0.29) is 16.6 Å². The van der Waals surface area contributed by atoms with Crippen LogP contribution in [-0.4, -0.2) is 55.8 Å². The summed E-state index contributed by atoms with van der Waals surface area (Å²) in [5.41, 5.74) is 3.76. The number of carbonyl (C=O) groups is 1. The van der Waals surface area contributed by atoms with E-state index in [4.69, 9.17) is 4.84 Å². The van der Waals surface area contributed by atoms with E-state index < -0.39 is 15.9 Å². The van der Waals surface area contributed by atoms with Gasteiger partial charge in [0.1, 0.15) is 0 Å². The van der Waals surface area contributed by atoms with Crippen molar-refractivity contribution in [2.75, 3.05) is 26.2 Å². The molecule has 1 aliphatic heterocycles. The molecule has 0 bridgehead atoms. The highest BCUT2D eigenvalue weighted by Gasteiger charge is 2.31. The van der Waals surface area contributed by atoms with E-state index in [0.717, 1.165) is 32.2 Å². The molecule has 0 saturated carbocycles. The van der Waals surface area contributed by atoms with E-state index >= 15 is 0 Å². The van der Waals surface area contributed by atoms with Gasteiger partial charge in [-0.2, -0.15) is 4.31 Å². The average molecular weight is 474 g/mol. The molecule has 33 heavy (non-hydrogen) atoms. The second-order valence-electron chi connectivity index (χ2n) is 8.52. The fourth-order valence-electron chi connectivity index (χ4n) is 3.94. The minimum Gasteiger partial charge on any atom is -0.296 e. The predicted octanol–water partition coefficient (Wildman–Crippen LogP) is 3.82. The highest BCUT2D eigenvalue weighted by Crippen LogP contribution is 2.22. The molecule has 1 fully saturated rings. The van der Waals surface area contributed by atoms with E-state index in [9.17, 15) is 13.2 Å². The Bertz CT molecular complexity index is 990. The molecule has 1 unspecified atom stereocenters. The number of carbonyl (C=O) groups excluding carboxylic acids is 1. The third-order valence-electron chi connectivity index (χ3n) is 5.90. The first-order valence-electron chi connectivity index (χ1n) is 11.7. The summed E-state index contributed by atoms with van der Waals surface area (Å²) < 4.78 is 28.2. The van der Waals surface area contributed by atoms with Gasteiger partial charge in [-0.05, 0) is 31.0 Å². The van der Waals surface area contributed by atoms with Crippen molar-refractivity contribution >= 4 is 15.9 Å². The van der Waals surface area contributed by atoms with Gasteiger partial charge in [0.2, 0.25) is 10.0 Å². The molecule has 180 valence electrons. The molecule has 0 spiro atoms. The molecular weight excluding hydrogens is 438 g/mol. The molecule has 1 amide bonds. The first kappa shape index (κ1) is 25.4. The molecule has 1 N–H and O–H groups in total. The van der Waals surface area contributed by atoms with Crippen LogP contribution in [0.25, 0.3) is 0 Å². The van der Waals surface area contributed by atoms with Gasteiger partial charge in [0, 0.05) is 32.7 Å². The van der Waals surface area contributed by atoms with Gasteiger partial charge >= 0.3 is 0 Å². The van der Waals surface area contributed by atoms with E-state index in [0.29, 0.717) is 26.2 Å². The van der Waals surface area contributed by atoms with Crippen molar-refractivity contribution in [2.45, 2.75) is 57.1 Å². The molecule has 2 aromatic carbocycles. The lowest BCUT2D eigenvalue weighted by molar-refractivity contribution is -0.0121. The van der Waals surface area contributed by atoms with Crippen LogP contribution in [0.2, 0.25) is 0 Å². The average Bonchev–Trinajstić information content (AvgIpc) is 2.84. The number of piperazine rings is 1. The third-order valence-corrected chi connectivity index (χ3v) is 7.85. The maximum Gasteiger partial charge on any atom is 0.276 e. The highest BCUT2D eigenvalue weighted by molar-refractivity contribution is 7.89. The van der Waals surface area contributed by atoms with Crippen molar-refractivity contribution in [3.8, 4) is 0 Å². The number of hydrogen-bond donors (Lipinski definition) is 1. The molecule has 0 aromatic heterocycles. The molecular formula is C25H35N3O4S. The van der Waals surface area contributed by atoms with Gasteiger partial charge in [0.05, 0.1) is 16.6 Å². The molecule has 8 heteroatoms. The number of amides is 1. The van der Waals surface area contributed by atoms with Gasteiger partial charge in [-0.3, -0.25) is 14.5 Å². The summed E-state index contributed by atoms with van der Waals surface area (Å²) >= 11 is 0. The van der Waals surface area contributed by atoms with Crippen molar-refractivity contribution in [1.82, 2.24) is 14.7 Å². The maximum absolute atomic E-state index is 13.4. The Hall–Kier alpha value is -2.26. The standard InChI is InChI=1S/C25H35N3O4S/c1-3-4-6-11-21(2)32-26-25(29)23-14-9-10-15-24(23)33(30,31)28-18-16-27(17-19-28)20-22-12-7-5-8-13-22/h5,7-10,12-15,21H,3-4,6,11,16-20H2,1-2H3,(H,26,29). The van der Waals surface area contributed by atoms with Crippen LogP contribution < -0.4 is 5.48 Å². The molecule has 1 saturated heterocycles. The van der Waals surface area contributed by atoms with Gasteiger partial charge in [-0.1, -0.05) is 68.7 Å². The van der Waals surface area contributed by atoms with Gasteiger partial charge in [0.15, 0.2) is 0 Å². The summed E-state index contributed by atoms with van der Waals surface area (Å²) in [6.45, 7) is 6.87. The topological polar surface area (TPSA) is 78.9 Å². The minimum atomic E-state index is -3.80. The van der Waals surface area contributed by atoms with Crippen LogP contribution in [0.1, 0.15) is 55.5 Å². The Kier molecular flexibility index (Phi) is 9.43. The number of hydrogen-bond acceptors (Lipinski definition) is 5. The maximum atomic E-state index is 13.4. The van der Waals surface area contributed by atoms with Crippen LogP contribution in [0.15, 0.2) is 59.5 Å². The monoisotopic (exact) mass is 473 g/mol. The highest BCUT2D eigenvalue weighted by atomic mass is 32.2. The first-order valence-corrected chi connectivity index (χ1v) is 13.2. The Morgan fingerprint density at radius 3 is 2.36 bits per heavy atom. The van der Waals surface area contributed by atoms with Crippen LogP contribution in [0.4, 0.5) is 0 Å². The quantitative estimate of drug-likeness (QED) is 0.396. The molecule has 1 atom stereocenters. The molecule has 1 aliphatic rings. The number of hydroxylamine groups is 1. The van der Waals surface area contributed by atoms with Gasteiger partial charge < -0.3 is 0 Å². The lowest BCUT2D eigenvalue weighted by Gasteiger charge is -2.34. The molecule has 3 rings (SSSR count). The van der Waals surface area contributed by atoms with Crippen molar-refractivity contribution in [1.29, 1.82) is 0 Å². The summed E-state index contributed by atoms with van der Waals surface area (Å²) in [5.74, 6) is -0.542. The van der Waals surface area contributed by atoms with Crippen molar-refractivity contribution in [2.24, 2.45) is 0 Å². The summed E-state index contributed by atoms with van der Waals surface area (Å²) in [6.07, 6.45) is 3.95. The second-order valence-corrected chi connectivity index (χ2v) is 10.4. The summed E-state index contributed by atoms with van der Waals surface area (Å²) in [5, 5.41) is 0. The van der Waals surface area contributed by atoms with Crippen LogP contribution in [-0.2, 0) is 21.4 Å². The molecule has 7 nitrogen and oxygen atoms in total. The second kappa shape index (κ2) is 12.3. The first-order chi connectivity index (χ1) is 15.9. The Labute approximate surface area is 197 Å². The van der Waals surface area contributed by atoms with Gasteiger partial charge in [-0.15, -0.1) is 0 Å². The number of nitrogens with zero attached hydrogens (tertiary/aromatic N) is 2. The Balaban J connectivity index is 1.61. The van der Waals surface area contributed by atoms with Crippen molar-refractivity contribution in [3.05, 3.63) is 65.7 Å². The van der Waals surface area contributed by atoms with E-state index in [1.165, 1.54) is 22.0 Å². The van der Waals surface area contributed by atoms with E-state index in [1.54, 1.807) is 12.1 Å². The Morgan fingerprint density at radius 1 is 1.00 bits per heavy atom. The zero-order chi connectivity index (χ0) is 23.7. The number of nitrogens with one attached hydrogen (secondary N) is 1. The van der Waals surface area contributed by atoms with Crippen LogP contribution in [0, 0.1) is 0 Å². The van der Waals surface area contributed by atoms with Crippen LogP contribution in [0.3, 0.4) is 0 Å². The van der Waals surface area contributed by atoms with Crippen molar-refractivity contribution < 1.29 is 18.0 Å². The minimum absolute atomic E-state index is 0.0150. The summed E-state index contributed by atoms with van der Waals surface area (Å²) in [4.78, 5) is 20.5.